The Morgan fingerprint density at radius 2 is 2.20 bits per heavy atom. The summed E-state index contributed by atoms with van der Waals surface area (Å²) in [5.74, 6) is -2.49. The summed E-state index contributed by atoms with van der Waals surface area (Å²) < 4.78 is 26.0. The Bertz CT molecular complexity index is 468. The van der Waals surface area contributed by atoms with Gasteiger partial charge in [0.05, 0.1) is 5.01 Å². The summed E-state index contributed by atoms with van der Waals surface area (Å²) in [4.78, 5) is 17.7. The van der Waals surface area contributed by atoms with E-state index in [1.165, 1.54) is 4.90 Å². The van der Waals surface area contributed by atoms with Crippen LogP contribution in [0.4, 0.5) is 13.6 Å². The molecule has 0 spiro atoms. The van der Waals surface area contributed by atoms with Crippen molar-refractivity contribution in [3.63, 3.8) is 0 Å². The van der Waals surface area contributed by atoms with E-state index in [2.05, 4.69) is 10.3 Å². The highest BCUT2D eigenvalue weighted by Crippen LogP contribution is 2.27. The van der Waals surface area contributed by atoms with Crippen molar-refractivity contribution >= 4 is 17.4 Å². The maximum Gasteiger partial charge on any atom is 0.317 e. The minimum atomic E-state index is -2.62. The summed E-state index contributed by atoms with van der Waals surface area (Å²) in [6, 6.07) is -0.263. The molecule has 2 heterocycles. The first-order chi connectivity index (χ1) is 9.37. The lowest BCUT2D eigenvalue weighted by Crippen LogP contribution is -2.47. The van der Waals surface area contributed by atoms with Crippen LogP contribution in [0.3, 0.4) is 0 Å². The second kappa shape index (κ2) is 6.03. The van der Waals surface area contributed by atoms with Crippen molar-refractivity contribution in [3.8, 4) is 0 Å². The van der Waals surface area contributed by atoms with Crippen molar-refractivity contribution in [3.05, 3.63) is 16.1 Å². The molecule has 1 fully saturated rings. The molecule has 112 valence electrons. The second-order valence-electron chi connectivity index (χ2n) is 5.26. The molecule has 2 amide bonds. The van der Waals surface area contributed by atoms with E-state index >= 15 is 0 Å². The molecule has 1 aromatic rings. The highest BCUT2D eigenvalue weighted by Gasteiger charge is 2.35. The number of aromatic nitrogens is 1. The number of alkyl halides is 2. The van der Waals surface area contributed by atoms with Crippen molar-refractivity contribution in [2.24, 2.45) is 0 Å². The number of hydrogen-bond acceptors (Lipinski definition) is 3. The van der Waals surface area contributed by atoms with E-state index in [0.29, 0.717) is 6.54 Å². The highest BCUT2D eigenvalue weighted by molar-refractivity contribution is 7.09. The molecule has 1 aliphatic rings. The van der Waals surface area contributed by atoms with Gasteiger partial charge in [-0.2, -0.15) is 0 Å². The smallest absolute Gasteiger partial charge is 0.317 e. The number of hydrogen-bond donors (Lipinski definition) is 1. The van der Waals surface area contributed by atoms with Gasteiger partial charge in [0, 0.05) is 49.5 Å². The van der Waals surface area contributed by atoms with E-state index in [4.69, 9.17) is 0 Å². The number of nitrogens with one attached hydrogen (secondary N) is 1. The quantitative estimate of drug-likeness (QED) is 0.933. The third kappa shape index (κ3) is 3.88. The second-order valence-corrected chi connectivity index (χ2v) is 6.15. The fourth-order valence-electron chi connectivity index (χ4n) is 2.07. The third-order valence-electron chi connectivity index (χ3n) is 3.40. The lowest BCUT2D eigenvalue weighted by molar-refractivity contribution is -0.0469. The lowest BCUT2D eigenvalue weighted by atomic mass is 10.1. The monoisotopic (exact) mass is 303 g/mol. The van der Waals surface area contributed by atoms with Crippen LogP contribution in [-0.4, -0.2) is 41.5 Å². The standard InChI is InChI=1S/C13H19F2N3OS/c1-9(11-17-10(2)8-20-11)7-16-12(19)18-5-3-13(14,15)4-6-18/h8-9H,3-7H2,1-2H3,(H,16,19)/t9-/m1/s1. The van der Waals surface area contributed by atoms with Crippen LogP contribution in [0.5, 0.6) is 0 Å². The van der Waals surface area contributed by atoms with Gasteiger partial charge in [0.25, 0.3) is 5.92 Å². The summed E-state index contributed by atoms with van der Waals surface area (Å²) >= 11 is 1.57. The Morgan fingerprint density at radius 3 is 2.75 bits per heavy atom. The van der Waals surface area contributed by atoms with E-state index in [0.717, 1.165) is 10.7 Å². The Balaban J connectivity index is 1.78. The molecule has 0 aliphatic carbocycles. The molecule has 1 atom stereocenters. The first kappa shape index (κ1) is 15.2. The molecule has 0 saturated carbocycles. The van der Waals surface area contributed by atoms with Crippen LogP contribution in [-0.2, 0) is 0 Å². The van der Waals surface area contributed by atoms with Crippen molar-refractivity contribution in [2.45, 2.75) is 38.5 Å². The van der Waals surface area contributed by atoms with Crippen LogP contribution >= 0.6 is 11.3 Å². The first-order valence-corrected chi connectivity index (χ1v) is 7.58. The molecular formula is C13H19F2N3OS. The summed E-state index contributed by atoms with van der Waals surface area (Å²) in [7, 11) is 0. The average Bonchev–Trinajstić information content (AvgIpc) is 2.82. The number of piperidine rings is 1. The van der Waals surface area contributed by atoms with Crippen LogP contribution in [0.2, 0.25) is 0 Å². The van der Waals surface area contributed by atoms with E-state index in [-0.39, 0.29) is 37.9 Å². The Morgan fingerprint density at radius 1 is 1.55 bits per heavy atom. The van der Waals surface area contributed by atoms with Gasteiger partial charge in [-0.25, -0.2) is 18.6 Å². The number of carbonyl (C=O) groups excluding carboxylic acids is 1. The largest absolute Gasteiger partial charge is 0.337 e. The number of halogens is 2. The number of urea groups is 1. The molecule has 1 saturated heterocycles. The van der Waals surface area contributed by atoms with Gasteiger partial charge in [0.1, 0.15) is 0 Å². The van der Waals surface area contributed by atoms with Crippen LogP contribution < -0.4 is 5.32 Å². The van der Waals surface area contributed by atoms with E-state index < -0.39 is 5.92 Å². The summed E-state index contributed by atoms with van der Waals surface area (Å²) in [5, 5.41) is 5.75. The first-order valence-electron chi connectivity index (χ1n) is 6.70. The van der Waals surface area contributed by atoms with E-state index in [1.807, 2.05) is 19.2 Å². The number of rotatable bonds is 3. The number of aryl methyl sites for hydroxylation is 1. The van der Waals surface area contributed by atoms with Crippen LogP contribution in [0.1, 0.15) is 36.4 Å². The summed E-state index contributed by atoms with van der Waals surface area (Å²) in [5.41, 5.74) is 0.974. The number of amides is 2. The molecule has 1 N–H and O–H groups in total. The lowest BCUT2D eigenvalue weighted by Gasteiger charge is -2.31. The molecule has 2 rings (SSSR count). The van der Waals surface area contributed by atoms with Crippen molar-refractivity contribution in [1.29, 1.82) is 0 Å². The number of nitrogens with zero attached hydrogens (tertiary/aromatic N) is 2. The molecule has 4 nitrogen and oxygen atoms in total. The highest BCUT2D eigenvalue weighted by atomic mass is 32.1. The molecule has 0 aromatic carbocycles. The maximum absolute atomic E-state index is 13.0. The Hall–Kier alpha value is -1.24. The number of carbonyl (C=O) groups is 1. The molecule has 0 bridgehead atoms. The van der Waals surface area contributed by atoms with Gasteiger partial charge in [-0.1, -0.05) is 6.92 Å². The fraction of sp³-hybridized carbons (Fsp3) is 0.692. The minimum absolute atomic E-state index is 0.115. The molecule has 20 heavy (non-hydrogen) atoms. The van der Waals surface area contributed by atoms with Gasteiger partial charge in [0.2, 0.25) is 0 Å². The predicted octanol–water partition coefficient (Wildman–Crippen LogP) is 3.00. The van der Waals surface area contributed by atoms with E-state index in [9.17, 15) is 13.6 Å². The Kier molecular flexibility index (Phi) is 4.57. The fourth-order valence-corrected chi connectivity index (χ4v) is 2.93. The number of likely N-dealkylation sites (tertiary alicyclic amines) is 1. The number of thiazole rings is 1. The zero-order chi connectivity index (χ0) is 14.8. The SMILES string of the molecule is Cc1csc([C@H](C)CNC(=O)N2CCC(F)(F)CC2)n1. The average molecular weight is 303 g/mol. The van der Waals surface area contributed by atoms with Crippen molar-refractivity contribution in [2.75, 3.05) is 19.6 Å². The van der Waals surface area contributed by atoms with Crippen LogP contribution in [0.15, 0.2) is 5.38 Å². The molecule has 7 heteroatoms. The zero-order valence-corrected chi connectivity index (χ0v) is 12.5. The molecular weight excluding hydrogens is 284 g/mol. The Labute approximate surface area is 121 Å². The van der Waals surface area contributed by atoms with Crippen LogP contribution in [0, 0.1) is 6.92 Å². The van der Waals surface area contributed by atoms with Gasteiger partial charge < -0.3 is 10.2 Å². The van der Waals surface area contributed by atoms with Crippen LogP contribution in [0.25, 0.3) is 0 Å². The summed E-state index contributed by atoms with van der Waals surface area (Å²) in [6.07, 6.45) is -0.497. The van der Waals surface area contributed by atoms with Gasteiger partial charge in [-0.15, -0.1) is 11.3 Å². The topological polar surface area (TPSA) is 45.2 Å². The predicted molar refractivity (Wildman–Crippen MR) is 74.4 cm³/mol. The summed E-state index contributed by atoms with van der Waals surface area (Å²) in [6.45, 7) is 4.62. The minimum Gasteiger partial charge on any atom is -0.337 e. The maximum atomic E-state index is 13.0. The van der Waals surface area contributed by atoms with E-state index in [1.54, 1.807) is 11.3 Å². The molecule has 0 unspecified atom stereocenters. The molecule has 1 aliphatic heterocycles. The van der Waals surface area contributed by atoms with Gasteiger partial charge in [0.15, 0.2) is 0 Å². The molecule has 0 radical (unpaired) electrons. The van der Waals surface area contributed by atoms with Gasteiger partial charge in [-0.05, 0) is 6.92 Å². The van der Waals surface area contributed by atoms with Gasteiger partial charge >= 0.3 is 6.03 Å². The third-order valence-corrected chi connectivity index (χ3v) is 4.59. The normalized spacial score (nSPS) is 19.7. The molecule has 1 aromatic heterocycles. The van der Waals surface area contributed by atoms with Crippen molar-refractivity contribution < 1.29 is 13.6 Å². The van der Waals surface area contributed by atoms with Gasteiger partial charge in [-0.3, -0.25) is 0 Å². The zero-order valence-electron chi connectivity index (χ0n) is 11.7. The van der Waals surface area contributed by atoms with Crippen molar-refractivity contribution in [1.82, 2.24) is 15.2 Å².